The Bertz CT molecular complexity index is 808. The van der Waals surface area contributed by atoms with Gasteiger partial charge in [0, 0.05) is 3.57 Å². The molecule has 1 aromatic heterocycles. The molecule has 1 aliphatic heterocycles. The summed E-state index contributed by atoms with van der Waals surface area (Å²) in [6.07, 6.45) is 2.58. The van der Waals surface area contributed by atoms with Crippen LogP contribution in [0.1, 0.15) is 35.2 Å². The minimum absolute atomic E-state index is 0.207. The minimum atomic E-state index is 0.207. The van der Waals surface area contributed by atoms with Crippen LogP contribution in [-0.2, 0) is 0 Å². The number of fused-ring (bicyclic) bond motifs is 1. The zero-order chi connectivity index (χ0) is 15.8. The number of halogens is 1. The quantitative estimate of drug-likeness (QED) is 0.633. The van der Waals surface area contributed by atoms with Crippen molar-refractivity contribution in [2.45, 2.75) is 25.4 Å². The first-order valence-electron chi connectivity index (χ1n) is 7.69. The Morgan fingerprint density at radius 1 is 1.04 bits per heavy atom. The third-order valence-electron chi connectivity index (χ3n) is 4.37. The highest BCUT2D eigenvalue weighted by atomic mass is 127. The molecule has 1 N–H and O–H groups in total. The summed E-state index contributed by atoms with van der Waals surface area (Å²) in [4.78, 5) is 4.38. The molecule has 4 rings (SSSR count). The molecule has 2 heterocycles. The summed E-state index contributed by atoms with van der Waals surface area (Å²) in [5.74, 6) is 0.838. The fourth-order valence-corrected chi connectivity index (χ4v) is 3.46. The smallest absolute Gasteiger partial charge is 0.222 e. The summed E-state index contributed by atoms with van der Waals surface area (Å²) in [6, 6.07) is 17.9. The van der Waals surface area contributed by atoms with Crippen molar-refractivity contribution in [2.24, 2.45) is 0 Å². The normalized spacial score (nSPS) is 19.9. The van der Waals surface area contributed by atoms with Crippen LogP contribution >= 0.6 is 22.6 Å². The number of aryl methyl sites for hydroxylation is 1. The molecule has 0 radical (unpaired) electrons. The van der Waals surface area contributed by atoms with E-state index in [1.54, 1.807) is 6.33 Å². The van der Waals surface area contributed by atoms with Gasteiger partial charge in [-0.1, -0.05) is 42.0 Å². The van der Waals surface area contributed by atoms with Gasteiger partial charge in [-0.2, -0.15) is 10.1 Å². The van der Waals surface area contributed by atoms with Gasteiger partial charge >= 0.3 is 0 Å². The van der Waals surface area contributed by atoms with Crippen LogP contribution in [0.3, 0.4) is 0 Å². The van der Waals surface area contributed by atoms with Crippen LogP contribution in [0.25, 0.3) is 0 Å². The van der Waals surface area contributed by atoms with Crippen LogP contribution in [0.5, 0.6) is 0 Å². The van der Waals surface area contributed by atoms with Gasteiger partial charge in [-0.25, -0.2) is 4.68 Å². The van der Waals surface area contributed by atoms with Gasteiger partial charge < -0.3 is 5.32 Å². The maximum atomic E-state index is 4.42. The van der Waals surface area contributed by atoms with Gasteiger partial charge in [0.15, 0.2) is 0 Å². The predicted octanol–water partition coefficient (Wildman–Crippen LogP) is 4.34. The summed E-state index contributed by atoms with van der Waals surface area (Å²) in [5.41, 5.74) is 3.84. The van der Waals surface area contributed by atoms with Crippen LogP contribution in [0.15, 0.2) is 54.9 Å². The number of aromatic nitrogens is 3. The fraction of sp³-hybridized carbons (Fsp3) is 0.222. The third kappa shape index (κ3) is 2.85. The topological polar surface area (TPSA) is 42.7 Å². The minimum Gasteiger partial charge on any atom is -0.348 e. The molecule has 0 bridgehead atoms. The lowest BCUT2D eigenvalue weighted by molar-refractivity contribution is 0.431. The molecule has 23 heavy (non-hydrogen) atoms. The Kier molecular flexibility index (Phi) is 3.80. The number of nitrogens with zero attached hydrogens (tertiary/aromatic N) is 3. The molecule has 1 aliphatic rings. The van der Waals surface area contributed by atoms with Crippen LogP contribution in [0.4, 0.5) is 5.95 Å². The molecular formula is C18H17IN4. The van der Waals surface area contributed by atoms with Gasteiger partial charge in [-0.15, -0.1) is 0 Å². The van der Waals surface area contributed by atoms with Crippen LogP contribution in [0.2, 0.25) is 0 Å². The highest BCUT2D eigenvalue weighted by Crippen LogP contribution is 2.37. The first-order chi connectivity index (χ1) is 11.2. The highest BCUT2D eigenvalue weighted by molar-refractivity contribution is 14.1. The number of nitrogens with one attached hydrogen (secondary N) is 1. The van der Waals surface area contributed by atoms with E-state index in [4.69, 9.17) is 0 Å². The largest absolute Gasteiger partial charge is 0.348 e. The van der Waals surface area contributed by atoms with Gasteiger partial charge in [0.05, 0.1) is 12.1 Å². The second-order valence-corrected chi connectivity index (χ2v) is 7.18. The van der Waals surface area contributed by atoms with E-state index in [-0.39, 0.29) is 12.1 Å². The van der Waals surface area contributed by atoms with Crippen molar-refractivity contribution in [1.29, 1.82) is 0 Å². The summed E-state index contributed by atoms with van der Waals surface area (Å²) >= 11 is 2.34. The number of anilines is 1. The summed E-state index contributed by atoms with van der Waals surface area (Å²) in [6.45, 7) is 2.11. The van der Waals surface area contributed by atoms with Crippen molar-refractivity contribution in [3.05, 3.63) is 75.1 Å². The van der Waals surface area contributed by atoms with E-state index in [2.05, 4.69) is 93.4 Å². The van der Waals surface area contributed by atoms with Crippen molar-refractivity contribution < 1.29 is 0 Å². The predicted molar refractivity (Wildman–Crippen MR) is 99.5 cm³/mol. The molecule has 5 heteroatoms. The Morgan fingerprint density at radius 2 is 1.74 bits per heavy atom. The Balaban J connectivity index is 1.71. The van der Waals surface area contributed by atoms with E-state index in [9.17, 15) is 0 Å². The van der Waals surface area contributed by atoms with E-state index in [0.29, 0.717) is 0 Å². The summed E-state index contributed by atoms with van der Waals surface area (Å²) < 4.78 is 3.24. The molecule has 2 atom stereocenters. The van der Waals surface area contributed by atoms with E-state index in [1.165, 1.54) is 20.3 Å². The second-order valence-electron chi connectivity index (χ2n) is 5.94. The van der Waals surface area contributed by atoms with Crippen molar-refractivity contribution in [3.8, 4) is 0 Å². The molecule has 4 nitrogen and oxygen atoms in total. The van der Waals surface area contributed by atoms with E-state index in [1.807, 2.05) is 4.68 Å². The standard InChI is InChI=1S/C18H17IN4/c1-12-2-4-14(5-3-12)17-10-16(13-6-8-15(19)9-7-13)22-18-20-11-21-23(17)18/h2-9,11,16-17H,10H2,1H3,(H,20,21,22)/t16-,17-/m1/s1. The summed E-state index contributed by atoms with van der Waals surface area (Å²) in [5, 5.41) is 7.93. The van der Waals surface area contributed by atoms with E-state index in [0.717, 1.165) is 12.4 Å². The van der Waals surface area contributed by atoms with Crippen LogP contribution in [0, 0.1) is 10.5 Å². The van der Waals surface area contributed by atoms with Crippen molar-refractivity contribution in [2.75, 3.05) is 5.32 Å². The maximum Gasteiger partial charge on any atom is 0.222 e. The Hall–Kier alpha value is -1.89. The summed E-state index contributed by atoms with van der Waals surface area (Å²) in [7, 11) is 0. The van der Waals surface area contributed by atoms with E-state index < -0.39 is 0 Å². The van der Waals surface area contributed by atoms with Crippen LogP contribution < -0.4 is 5.32 Å². The number of hydrogen-bond acceptors (Lipinski definition) is 3. The SMILES string of the molecule is Cc1ccc([C@H]2C[C@H](c3ccc(I)cc3)Nc3ncnn32)cc1. The molecule has 0 aliphatic carbocycles. The maximum absolute atomic E-state index is 4.42. The van der Waals surface area contributed by atoms with Crippen molar-refractivity contribution in [1.82, 2.24) is 14.8 Å². The number of benzene rings is 2. The number of rotatable bonds is 2. The molecule has 0 saturated carbocycles. The monoisotopic (exact) mass is 416 g/mol. The average Bonchev–Trinajstić information content (AvgIpc) is 3.04. The second kappa shape index (κ2) is 5.96. The first kappa shape index (κ1) is 14.7. The van der Waals surface area contributed by atoms with Gasteiger partial charge in [0.2, 0.25) is 5.95 Å². The molecule has 3 aromatic rings. The lowest BCUT2D eigenvalue weighted by Crippen LogP contribution is -2.28. The van der Waals surface area contributed by atoms with Crippen molar-refractivity contribution in [3.63, 3.8) is 0 Å². The first-order valence-corrected chi connectivity index (χ1v) is 8.76. The fourth-order valence-electron chi connectivity index (χ4n) is 3.10. The zero-order valence-electron chi connectivity index (χ0n) is 12.8. The van der Waals surface area contributed by atoms with Gasteiger partial charge in [-0.05, 0) is 59.2 Å². The molecule has 2 aromatic carbocycles. The Morgan fingerprint density at radius 3 is 2.48 bits per heavy atom. The molecule has 0 unspecified atom stereocenters. The lowest BCUT2D eigenvalue weighted by Gasteiger charge is -2.32. The van der Waals surface area contributed by atoms with E-state index >= 15 is 0 Å². The molecule has 0 fully saturated rings. The van der Waals surface area contributed by atoms with Gasteiger partial charge in [0.1, 0.15) is 6.33 Å². The van der Waals surface area contributed by atoms with Gasteiger partial charge in [-0.3, -0.25) is 0 Å². The molecule has 116 valence electrons. The molecular weight excluding hydrogens is 399 g/mol. The number of hydrogen-bond donors (Lipinski definition) is 1. The van der Waals surface area contributed by atoms with Crippen LogP contribution in [-0.4, -0.2) is 14.8 Å². The molecule has 0 saturated heterocycles. The highest BCUT2D eigenvalue weighted by Gasteiger charge is 2.29. The van der Waals surface area contributed by atoms with Crippen molar-refractivity contribution >= 4 is 28.5 Å². The zero-order valence-corrected chi connectivity index (χ0v) is 14.9. The molecule has 0 spiro atoms. The molecule has 0 amide bonds. The van der Waals surface area contributed by atoms with Gasteiger partial charge in [0.25, 0.3) is 0 Å². The average molecular weight is 416 g/mol. The lowest BCUT2D eigenvalue weighted by atomic mass is 9.93. The third-order valence-corrected chi connectivity index (χ3v) is 5.08. The Labute approximate surface area is 149 Å².